The summed E-state index contributed by atoms with van der Waals surface area (Å²) in [5, 5.41) is 0. The SMILES string of the molecule is [C]1=CC=CC=CCCCCCC1. The van der Waals surface area contributed by atoms with Crippen LogP contribution in [0.3, 0.4) is 0 Å². The van der Waals surface area contributed by atoms with Gasteiger partial charge in [-0.2, -0.15) is 0 Å². The van der Waals surface area contributed by atoms with E-state index in [2.05, 4.69) is 30.4 Å². The van der Waals surface area contributed by atoms with Crippen molar-refractivity contribution in [3.63, 3.8) is 0 Å². The van der Waals surface area contributed by atoms with Crippen LogP contribution in [0.25, 0.3) is 0 Å². The van der Waals surface area contributed by atoms with Crippen LogP contribution in [0.15, 0.2) is 30.4 Å². The quantitative estimate of drug-likeness (QED) is 0.506. The van der Waals surface area contributed by atoms with Gasteiger partial charge in [-0.3, -0.25) is 0 Å². The fraction of sp³-hybridized carbons (Fsp3) is 0.500. The highest BCUT2D eigenvalue weighted by Crippen LogP contribution is 2.06. The molecule has 0 nitrogen and oxygen atoms in total. The zero-order valence-corrected chi connectivity index (χ0v) is 7.63. The van der Waals surface area contributed by atoms with Crippen molar-refractivity contribution in [3.8, 4) is 0 Å². The second-order valence-electron chi connectivity index (χ2n) is 3.14. The normalized spacial score (nSPS) is 20.0. The molecule has 0 saturated heterocycles. The molecule has 0 bridgehead atoms. The van der Waals surface area contributed by atoms with Crippen molar-refractivity contribution in [2.24, 2.45) is 0 Å². The van der Waals surface area contributed by atoms with Crippen molar-refractivity contribution in [2.45, 2.75) is 38.5 Å². The molecule has 0 N–H and O–H groups in total. The molecular weight excluding hydrogens is 144 g/mol. The minimum atomic E-state index is 1.12. The first-order valence-electron chi connectivity index (χ1n) is 4.88. The average molecular weight is 161 g/mol. The largest absolute Gasteiger partial charge is 0.0845 e. The van der Waals surface area contributed by atoms with E-state index in [1.165, 1.54) is 32.1 Å². The Morgan fingerprint density at radius 2 is 1.75 bits per heavy atom. The molecule has 1 aliphatic carbocycles. The van der Waals surface area contributed by atoms with E-state index >= 15 is 0 Å². The van der Waals surface area contributed by atoms with Crippen molar-refractivity contribution >= 4 is 0 Å². The van der Waals surface area contributed by atoms with Gasteiger partial charge in [-0.25, -0.2) is 0 Å². The van der Waals surface area contributed by atoms with E-state index in [-0.39, 0.29) is 0 Å². The van der Waals surface area contributed by atoms with Crippen LogP contribution in [0.2, 0.25) is 0 Å². The summed E-state index contributed by atoms with van der Waals surface area (Å²) in [6.45, 7) is 0. The molecule has 1 radical (unpaired) electrons. The van der Waals surface area contributed by atoms with Crippen molar-refractivity contribution in [3.05, 3.63) is 36.5 Å². The van der Waals surface area contributed by atoms with E-state index in [0.717, 1.165) is 6.42 Å². The summed E-state index contributed by atoms with van der Waals surface area (Å²) < 4.78 is 0. The summed E-state index contributed by atoms with van der Waals surface area (Å²) in [5.74, 6) is 0. The molecule has 0 fully saturated rings. The lowest BCUT2D eigenvalue weighted by Gasteiger charge is -1.96. The molecule has 65 valence electrons. The van der Waals surface area contributed by atoms with Gasteiger partial charge in [-0.1, -0.05) is 43.2 Å². The molecule has 0 aliphatic heterocycles. The molecule has 1 rings (SSSR count). The van der Waals surface area contributed by atoms with E-state index in [4.69, 9.17) is 0 Å². The minimum absolute atomic E-state index is 1.12. The molecule has 0 saturated carbocycles. The Hall–Kier alpha value is -0.780. The van der Waals surface area contributed by atoms with E-state index in [1.54, 1.807) is 0 Å². The van der Waals surface area contributed by atoms with E-state index in [1.807, 2.05) is 6.08 Å². The molecule has 0 spiro atoms. The summed E-state index contributed by atoms with van der Waals surface area (Å²) >= 11 is 0. The second kappa shape index (κ2) is 6.90. The Morgan fingerprint density at radius 3 is 2.75 bits per heavy atom. The molecule has 0 unspecified atom stereocenters. The predicted octanol–water partition coefficient (Wildman–Crippen LogP) is 3.81. The van der Waals surface area contributed by atoms with E-state index < -0.39 is 0 Å². The molecular formula is C12H17. The molecule has 0 aromatic carbocycles. The van der Waals surface area contributed by atoms with Gasteiger partial charge in [0.2, 0.25) is 0 Å². The molecule has 0 heteroatoms. The second-order valence-corrected chi connectivity index (χ2v) is 3.14. The Kier molecular flexibility index (Phi) is 5.35. The first-order valence-corrected chi connectivity index (χ1v) is 4.88. The van der Waals surface area contributed by atoms with Crippen molar-refractivity contribution in [1.82, 2.24) is 0 Å². The minimum Gasteiger partial charge on any atom is -0.0845 e. The Labute approximate surface area is 75.7 Å². The van der Waals surface area contributed by atoms with Gasteiger partial charge in [0.1, 0.15) is 0 Å². The van der Waals surface area contributed by atoms with Gasteiger partial charge < -0.3 is 0 Å². The fourth-order valence-electron chi connectivity index (χ4n) is 1.29. The van der Waals surface area contributed by atoms with Crippen LogP contribution in [0, 0.1) is 6.08 Å². The Bertz CT molecular complexity index is 152. The molecule has 0 atom stereocenters. The molecule has 0 amide bonds. The maximum Gasteiger partial charge on any atom is -0.0276 e. The van der Waals surface area contributed by atoms with E-state index in [0.29, 0.717) is 0 Å². The van der Waals surface area contributed by atoms with Gasteiger partial charge in [0, 0.05) is 0 Å². The van der Waals surface area contributed by atoms with Gasteiger partial charge >= 0.3 is 0 Å². The maximum atomic E-state index is 3.26. The zero-order valence-electron chi connectivity index (χ0n) is 7.63. The highest BCUT2D eigenvalue weighted by Gasteiger charge is 1.87. The lowest BCUT2D eigenvalue weighted by atomic mass is 10.1. The Balaban J connectivity index is 2.32. The fourth-order valence-corrected chi connectivity index (χ4v) is 1.29. The lowest BCUT2D eigenvalue weighted by molar-refractivity contribution is 0.649. The molecule has 0 aromatic heterocycles. The van der Waals surface area contributed by atoms with Crippen LogP contribution in [-0.2, 0) is 0 Å². The van der Waals surface area contributed by atoms with Crippen LogP contribution < -0.4 is 0 Å². The smallest absolute Gasteiger partial charge is 0.0276 e. The van der Waals surface area contributed by atoms with Crippen molar-refractivity contribution < 1.29 is 0 Å². The topological polar surface area (TPSA) is 0 Å². The first kappa shape index (κ1) is 9.31. The highest BCUT2D eigenvalue weighted by molar-refractivity contribution is 5.09. The van der Waals surface area contributed by atoms with Crippen LogP contribution in [0.4, 0.5) is 0 Å². The van der Waals surface area contributed by atoms with Gasteiger partial charge in [0.05, 0.1) is 0 Å². The number of hydrogen-bond acceptors (Lipinski definition) is 0. The monoisotopic (exact) mass is 161 g/mol. The number of allylic oxidation sites excluding steroid dienone is 6. The van der Waals surface area contributed by atoms with Gasteiger partial charge in [-0.15, -0.1) is 0 Å². The van der Waals surface area contributed by atoms with Crippen molar-refractivity contribution in [2.75, 3.05) is 0 Å². The van der Waals surface area contributed by atoms with Crippen LogP contribution in [-0.4, -0.2) is 0 Å². The Morgan fingerprint density at radius 1 is 0.833 bits per heavy atom. The molecule has 0 aromatic rings. The summed E-state index contributed by atoms with van der Waals surface area (Å²) in [5.41, 5.74) is 0. The molecule has 12 heavy (non-hydrogen) atoms. The number of hydrogen-bond donors (Lipinski definition) is 0. The summed E-state index contributed by atoms with van der Waals surface area (Å²) in [4.78, 5) is 0. The predicted molar refractivity (Wildman–Crippen MR) is 53.8 cm³/mol. The average Bonchev–Trinajstić information content (AvgIpc) is 2.05. The zero-order chi connectivity index (χ0) is 8.49. The van der Waals surface area contributed by atoms with Crippen LogP contribution >= 0.6 is 0 Å². The first-order chi connectivity index (χ1) is 6.00. The third-order valence-electron chi connectivity index (χ3n) is 2.01. The van der Waals surface area contributed by atoms with Crippen molar-refractivity contribution in [1.29, 1.82) is 0 Å². The van der Waals surface area contributed by atoms with Crippen LogP contribution in [0.5, 0.6) is 0 Å². The lowest BCUT2D eigenvalue weighted by Crippen LogP contribution is -1.77. The maximum absolute atomic E-state index is 3.26. The van der Waals surface area contributed by atoms with Gasteiger partial charge in [0.15, 0.2) is 0 Å². The summed E-state index contributed by atoms with van der Waals surface area (Å²) in [7, 11) is 0. The summed E-state index contributed by atoms with van der Waals surface area (Å²) in [6.07, 6.45) is 21.5. The van der Waals surface area contributed by atoms with E-state index in [9.17, 15) is 0 Å². The summed E-state index contributed by atoms with van der Waals surface area (Å²) in [6, 6.07) is 0. The van der Waals surface area contributed by atoms with Gasteiger partial charge in [0.25, 0.3) is 0 Å². The third-order valence-corrected chi connectivity index (χ3v) is 2.01. The van der Waals surface area contributed by atoms with Crippen LogP contribution in [0.1, 0.15) is 38.5 Å². The van der Waals surface area contributed by atoms with Gasteiger partial charge in [-0.05, 0) is 31.8 Å². The number of rotatable bonds is 0. The standard InChI is InChI=1S/C12H17/c1-2-4-6-8-10-12-11-9-7-5-3-1/h1-5H,6,8-12H2. The third kappa shape index (κ3) is 4.95. The molecule has 0 heterocycles. The molecule has 1 aliphatic rings. The highest BCUT2D eigenvalue weighted by atomic mass is 13.9.